The van der Waals surface area contributed by atoms with Crippen LogP contribution in [0.5, 0.6) is 0 Å². The molecule has 1 heterocycles. The molecule has 0 radical (unpaired) electrons. The van der Waals surface area contributed by atoms with Gasteiger partial charge in [-0.2, -0.15) is 0 Å². The molecule has 1 amide bonds. The lowest BCUT2D eigenvalue weighted by molar-refractivity contribution is -0.139. The predicted octanol–water partition coefficient (Wildman–Crippen LogP) is 1.13. The minimum absolute atomic E-state index is 0.116. The second-order valence-electron chi connectivity index (χ2n) is 3.86. The highest BCUT2D eigenvalue weighted by Gasteiger charge is 2.17. The summed E-state index contributed by atoms with van der Waals surface area (Å²) in [7, 11) is 1.67. The first-order valence-corrected chi connectivity index (χ1v) is 6.07. The molecule has 0 aromatic carbocycles. The standard InChI is InChI=1S/C12H15ClN4O3/c1-4-7-9(13)8(5-15-10(7)14-3)11(18)17-16-6(2)12(19)20/h4-6,16H,1H2,2-3H3,(H,14,15)(H,17,18)(H,19,20). The summed E-state index contributed by atoms with van der Waals surface area (Å²) < 4.78 is 0. The van der Waals surface area contributed by atoms with Crippen LogP contribution in [0.15, 0.2) is 12.8 Å². The predicted molar refractivity (Wildman–Crippen MR) is 76.6 cm³/mol. The number of anilines is 1. The molecule has 0 fully saturated rings. The molecule has 1 atom stereocenters. The molecule has 1 rings (SSSR count). The molecule has 20 heavy (non-hydrogen) atoms. The topological polar surface area (TPSA) is 103 Å². The Kier molecular flexibility index (Phi) is 5.48. The first-order chi connectivity index (χ1) is 9.42. The summed E-state index contributed by atoms with van der Waals surface area (Å²) in [6.45, 7) is 5.00. The largest absolute Gasteiger partial charge is 0.480 e. The summed E-state index contributed by atoms with van der Waals surface area (Å²) in [4.78, 5) is 26.6. The third-order valence-corrected chi connectivity index (χ3v) is 2.92. The van der Waals surface area contributed by atoms with Gasteiger partial charge in [-0.25, -0.2) is 10.4 Å². The molecule has 1 aromatic rings. The van der Waals surface area contributed by atoms with Crippen LogP contribution in [-0.2, 0) is 4.79 Å². The van der Waals surface area contributed by atoms with E-state index in [1.165, 1.54) is 19.2 Å². The summed E-state index contributed by atoms with van der Waals surface area (Å²) in [5.41, 5.74) is 5.22. The molecule has 8 heteroatoms. The van der Waals surface area contributed by atoms with Gasteiger partial charge in [-0.1, -0.05) is 24.3 Å². The summed E-state index contributed by atoms with van der Waals surface area (Å²) in [6, 6.07) is -0.929. The second kappa shape index (κ2) is 6.88. The van der Waals surface area contributed by atoms with Gasteiger partial charge in [0.25, 0.3) is 5.91 Å². The number of aromatic nitrogens is 1. The Labute approximate surface area is 121 Å². The van der Waals surface area contributed by atoms with Crippen molar-refractivity contribution >= 4 is 35.4 Å². The minimum atomic E-state index is -1.09. The quantitative estimate of drug-likeness (QED) is 0.587. The van der Waals surface area contributed by atoms with Gasteiger partial charge in [0.05, 0.1) is 10.6 Å². The average Bonchev–Trinajstić information content (AvgIpc) is 2.43. The number of rotatable bonds is 6. The normalized spacial score (nSPS) is 11.6. The van der Waals surface area contributed by atoms with Crippen molar-refractivity contribution in [2.24, 2.45) is 0 Å². The third-order valence-electron chi connectivity index (χ3n) is 2.51. The van der Waals surface area contributed by atoms with Gasteiger partial charge in [-0.05, 0) is 6.92 Å². The van der Waals surface area contributed by atoms with E-state index in [2.05, 4.69) is 27.7 Å². The van der Waals surface area contributed by atoms with Crippen molar-refractivity contribution in [3.8, 4) is 0 Å². The van der Waals surface area contributed by atoms with E-state index in [1.807, 2.05) is 0 Å². The Hall–Kier alpha value is -2.12. The smallest absolute Gasteiger partial charge is 0.322 e. The number of hydrogen-bond acceptors (Lipinski definition) is 5. The number of carbonyl (C=O) groups is 2. The van der Waals surface area contributed by atoms with Gasteiger partial charge < -0.3 is 10.4 Å². The number of halogens is 1. The zero-order valence-corrected chi connectivity index (χ0v) is 11.8. The van der Waals surface area contributed by atoms with E-state index in [-0.39, 0.29) is 10.6 Å². The Bertz CT molecular complexity index is 548. The Balaban J connectivity index is 2.94. The number of pyridine rings is 1. The summed E-state index contributed by atoms with van der Waals surface area (Å²) in [6.07, 6.45) is 2.77. The molecule has 0 saturated carbocycles. The maximum atomic E-state index is 11.9. The number of carbonyl (C=O) groups excluding carboxylic acids is 1. The fraction of sp³-hybridized carbons (Fsp3) is 0.250. The summed E-state index contributed by atoms with van der Waals surface area (Å²) in [5, 5.41) is 11.7. The molecule has 7 nitrogen and oxygen atoms in total. The monoisotopic (exact) mass is 298 g/mol. The maximum absolute atomic E-state index is 11.9. The lowest BCUT2D eigenvalue weighted by Gasteiger charge is -2.13. The zero-order valence-electron chi connectivity index (χ0n) is 11.0. The first-order valence-electron chi connectivity index (χ1n) is 5.69. The molecular weight excluding hydrogens is 284 g/mol. The molecule has 1 aromatic heterocycles. The van der Waals surface area contributed by atoms with Crippen molar-refractivity contribution < 1.29 is 14.7 Å². The summed E-state index contributed by atoms with van der Waals surface area (Å²) in [5.74, 6) is -1.18. The van der Waals surface area contributed by atoms with Crippen LogP contribution >= 0.6 is 11.6 Å². The van der Waals surface area contributed by atoms with Gasteiger partial charge in [0.2, 0.25) is 0 Å². The average molecular weight is 299 g/mol. The number of hydrazine groups is 1. The van der Waals surface area contributed by atoms with Crippen molar-refractivity contribution in [1.82, 2.24) is 15.8 Å². The van der Waals surface area contributed by atoms with Crippen LogP contribution in [0.4, 0.5) is 5.82 Å². The van der Waals surface area contributed by atoms with Gasteiger partial charge in [0.15, 0.2) is 0 Å². The van der Waals surface area contributed by atoms with Crippen LogP contribution in [0.2, 0.25) is 5.02 Å². The Morgan fingerprint density at radius 2 is 2.20 bits per heavy atom. The lowest BCUT2D eigenvalue weighted by Crippen LogP contribution is -2.46. The van der Waals surface area contributed by atoms with Gasteiger partial charge in [0, 0.05) is 18.8 Å². The zero-order chi connectivity index (χ0) is 15.3. The number of carboxylic acid groups (broad SMARTS) is 1. The van der Waals surface area contributed by atoms with Gasteiger partial charge in [0.1, 0.15) is 11.9 Å². The fourth-order valence-corrected chi connectivity index (χ4v) is 1.65. The van der Waals surface area contributed by atoms with Crippen LogP contribution in [-0.4, -0.2) is 35.1 Å². The third kappa shape index (κ3) is 3.46. The van der Waals surface area contributed by atoms with E-state index in [1.54, 1.807) is 7.05 Å². The fourth-order valence-electron chi connectivity index (χ4n) is 1.35. The van der Waals surface area contributed by atoms with Crippen LogP contribution in [0.25, 0.3) is 6.08 Å². The number of nitrogens with one attached hydrogen (secondary N) is 3. The Morgan fingerprint density at radius 1 is 1.55 bits per heavy atom. The van der Waals surface area contributed by atoms with E-state index in [0.717, 1.165) is 0 Å². The van der Waals surface area contributed by atoms with Crippen molar-refractivity contribution in [1.29, 1.82) is 0 Å². The van der Waals surface area contributed by atoms with Crippen molar-refractivity contribution in [3.05, 3.63) is 28.9 Å². The molecule has 1 unspecified atom stereocenters. The lowest BCUT2D eigenvalue weighted by atomic mass is 10.1. The van der Waals surface area contributed by atoms with E-state index in [0.29, 0.717) is 11.4 Å². The molecule has 0 saturated heterocycles. The molecule has 0 aliphatic rings. The minimum Gasteiger partial charge on any atom is -0.480 e. The van der Waals surface area contributed by atoms with E-state index >= 15 is 0 Å². The molecular formula is C12H15ClN4O3. The van der Waals surface area contributed by atoms with E-state index in [4.69, 9.17) is 16.7 Å². The van der Waals surface area contributed by atoms with Crippen LogP contribution in [0.1, 0.15) is 22.8 Å². The molecule has 4 N–H and O–H groups in total. The number of aliphatic carboxylic acids is 1. The number of amides is 1. The number of hydrogen-bond donors (Lipinski definition) is 4. The highest BCUT2D eigenvalue weighted by molar-refractivity contribution is 6.35. The van der Waals surface area contributed by atoms with E-state index < -0.39 is 17.9 Å². The Morgan fingerprint density at radius 3 is 2.70 bits per heavy atom. The number of carboxylic acids is 1. The molecule has 0 aliphatic heterocycles. The number of nitrogens with zero attached hydrogens (tertiary/aromatic N) is 1. The SMILES string of the molecule is C=Cc1c(NC)ncc(C(=O)NNC(C)C(=O)O)c1Cl. The first kappa shape index (κ1) is 15.9. The van der Waals surface area contributed by atoms with E-state index in [9.17, 15) is 9.59 Å². The summed E-state index contributed by atoms with van der Waals surface area (Å²) >= 11 is 6.11. The highest BCUT2D eigenvalue weighted by atomic mass is 35.5. The van der Waals surface area contributed by atoms with Gasteiger partial charge in [-0.3, -0.25) is 15.0 Å². The van der Waals surface area contributed by atoms with Crippen molar-refractivity contribution in [2.75, 3.05) is 12.4 Å². The van der Waals surface area contributed by atoms with Crippen molar-refractivity contribution in [3.63, 3.8) is 0 Å². The molecule has 0 aliphatic carbocycles. The van der Waals surface area contributed by atoms with Gasteiger partial charge in [-0.15, -0.1) is 0 Å². The maximum Gasteiger partial charge on any atom is 0.322 e. The van der Waals surface area contributed by atoms with Gasteiger partial charge >= 0.3 is 5.97 Å². The van der Waals surface area contributed by atoms with Crippen LogP contribution < -0.4 is 16.2 Å². The molecule has 0 spiro atoms. The van der Waals surface area contributed by atoms with Crippen LogP contribution in [0, 0.1) is 0 Å². The van der Waals surface area contributed by atoms with Crippen LogP contribution in [0.3, 0.4) is 0 Å². The molecule has 108 valence electrons. The van der Waals surface area contributed by atoms with Crippen molar-refractivity contribution in [2.45, 2.75) is 13.0 Å². The highest BCUT2D eigenvalue weighted by Crippen LogP contribution is 2.26. The molecule has 0 bridgehead atoms. The second-order valence-corrected chi connectivity index (χ2v) is 4.24.